The molecule has 0 aromatic carbocycles. The fourth-order valence-electron chi connectivity index (χ4n) is 1.32. The summed E-state index contributed by atoms with van der Waals surface area (Å²) >= 11 is 0. The van der Waals surface area contributed by atoms with Crippen molar-refractivity contribution in [1.82, 2.24) is 19.4 Å². The molecule has 1 heterocycles. The summed E-state index contributed by atoms with van der Waals surface area (Å²) < 4.78 is 0.891. The molecule has 0 amide bonds. The van der Waals surface area contributed by atoms with Gasteiger partial charge >= 0.3 is 24.1 Å². The van der Waals surface area contributed by atoms with Gasteiger partial charge in [-0.1, -0.05) is 4.80 Å². The molecular formula is C8H10N4O8. The van der Waals surface area contributed by atoms with Crippen molar-refractivity contribution in [3.05, 3.63) is 12.4 Å². The number of aliphatic carboxylic acids is 2. The molecule has 0 aliphatic heterocycles. The van der Waals surface area contributed by atoms with Gasteiger partial charge in [0.05, 0.1) is 12.6 Å². The zero-order valence-corrected chi connectivity index (χ0v) is 9.70. The third-order valence-corrected chi connectivity index (χ3v) is 2.16. The Kier molecular flexibility index (Phi) is 4.20. The van der Waals surface area contributed by atoms with Gasteiger partial charge in [0.1, 0.15) is 0 Å². The van der Waals surface area contributed by atoms with E-state index in [1.54, 1.807) is 0 Å². The van der Waals surface area contributed by atoms with Crippen molar-refractivity contribution in [2.75, 3.05) is 0 Å². The normalized spacial score (nSPS) is 11.6. The molecule has 0 saturated heterocycles. The fourth-order valence-corrected chi connectivity index (χ4v) is 1.32. The number of carbonyl (C=O) groups is 4. The van der Waals surface area contributed by atoms with Gasteiger partial charge in [0, 0.05) is 6.20 Å². The minimum atomic E-state index is -1.73. The van der Waals surface area contributed by atoms with E-state index in [2.05, 4.69) is 0 Å². The second-order valence-electron chi connectivity index (χ2n) is 3.48. The second-order valence-corrected chi connectivity index (χ2v) is 3.48. The number of nitrogens with one attached hydrogen (secondary N) is 1. The molecule has 0 saturated carbocycles. The number of nitrogens with zero attached hydrogens (tertiary/aromatic N) is 3. The lowest BCUT2D eigenvalue weighted by molar-refractivity contribution is -0.147. The van der Waals surface area contributed by atoms with Gasteiger partial charge in [0.25, 0.3) is 0 Å². The second kappa shape index (κ2) is 5.64. The van der Waals surface area contributed by atoms with Crippen molar-refractivity contribution in [1.29, 1.82) is 0 Å². The van der Waals surface area contributed by atoms with E-state index in [0.29, 0.717) is 4.68 Å². The van der Waals surface area contributed by atoms with Gasteiger partial charge in [-0.15, -0.1) is 0 Å². The van der Waals surface area contributed by atoms with Crippen LogP contribution in [0.2, 0.25) is 0 Å². The van der Waals surface area contributed by atoms with Gasteiger partial charge in [-0.25, -0.2) is 19.6 Å². The zero-order valence-electron chi connectivity index (χ0n) is 9.70. The Hall–Kier alpha value is -3.18. The van der Waals surface area contributed by atoms with E-state index in [-0.39, 0.29) is 9.48 Å². The number of carboxylic acids is 2. The molecular weight excluding hydrogens is 280 g/mol. The average molecular weight is 290 g/mol. The molecule has 0 fully saturated rings. The van der Waals surface area contributed by atoms with Crippen molar-refractivity contribution in [2.24, 2.45) is 0 Å². The monoisotopic (exact) mass is 290 g/mol. The van der Waals surface area contributed by atoms with Crippen LogP contribution in [0, 0.1) is 0 Å². The lowest BCUT2D eigenvalue weighted by Crippen LogP contribution is -2.34. The molecule has 0 aliphatic carbocycles. The van der Waals surface area contributed by atoms with E-state index in [0.717, 1.165) is 12.4 Å². The summed E-state index contributed by atoms with van der Waals surface area (Å²) in [5.41, 5.74) is 0. The zero-order chi connectivity index (χ0) is 15.4. The molecule has 12 nitrogen and oxygen atoms in total. The Bertz CT molecular complexity index is 600. The minimum Gasteiger partial charge on any atom is -0.481 e. The molecule has 1 atom stereocenters. The number of hydrogen-bond donors (Lipinski definition) is 5. The van der Waals surface area contributed by atoms with Crippen LogP contribution in [0.5, 0.6) is 0 Å². The summed E-state index contributed by atoms with van der Waals surface area (Å²) in [5, 5.41) is 37.0. The summed E-state index contributed by atoms with van der Waals surface area (Å²) in [7, 11) is 0. The van der Waals surface area contributed by atoms with Crippen molar-refractivity contribution >= 4 is 24.1 Å². The predicted molar refractivity (Wildman–Crippen MR) is 58.2 cm³/mol. The Labute approximate surface area is 109 Å². The molecule has 1 aromatic rings. The third kappa shape index (κ3) is 3.18. The van der Waals surface area contributed by atoms with Gasteiger partial charge in [-0.2, -0.15) is 4.68 Å². The molecule has 5 N–H and O–H groups in total. The van der Waals surface area contributed by atoms with Crippen LogP contribution < -0.4 is 0 Å². The molecule has 110 valence electrons. The first kappa shape index (κ1) is 14.9. The predicted octanol–water partition coefficient (Wildman–Crippen LogP) is -0.304. The lowest BCUT2D eigenvalue weighted by Gasteiger charge is -2.18. The van der Waals surface area contributed by atoms with Crippen LogP contribution in [0.15, 0.2) is 12.4 Å². The van der Waals surface area contributed by atoms with Crippen LogP contribution in [0.4, 0.5) is 9.59 Å². The van der Waals surface area contributed by atoms with E-state index in [1.165, 1.54) is 0 Å². The first-order valence-corrected chi connectivity index (χ1v) is 4.96. The number of aromatic amines is 1. The van der Waals surface area contributed by atoms with Crippen molar-refractivity contribution in [2.45, 2.75) is 12.5 Å². The lowest BCUT2D eigenvalue weighted by atomic mass is 10.2. The summed E-state index contributed by atoms with van der Waals surface area (Å²) in [6.07, 6.45) is -2.55. The van der Waals surface area contributed by atoms with Gasteiger partial charge in [-0.05, 0) is 0 Å². The molecule has 0 spiro atoms. The molecule has 12 heteroatoms. The summed E-state index contributed by atoms with van der Waals surface area (Å²) in [4.78, 5) is 43.2. The van der Waals surface area contributed by atoms with Crippen LogP contribution >= 0.6 is 0 Å². The molecule has 0 radical (unpaired) electrons. The average Bonchev–Trinajstić information content (AvgIpc) is 2.34. The maximum absolute atomic E-state index is 11.0. The number of aromatic nitrogens is 4. The Morgan fingerprint density at radius 1 is 1.00 bits per heavy atom. The van der Waals surface area contributed by atoms with E-state index in [1.807, 2.05) is 5.21 Å². The molecule has 1 rings (SSSR count). The standard InChI is InChI=1S/C8H10N4O8/c13-5(14)3-4(6(15)16)10-1-2-11(7(17)18)12(9-10)8(19)20/h1-2,4,9H,3H2,(H,13,14)(H,15,16)(H,17,18)(H,19,20). The first-order valence-electron chi connectivity index (χ1n) is 4.96. The summed E-state index contributed by atoms with van der Waals surface area (Å²) in [6.45, 7) is 0. The van der Waals surface area contributed by atoms with Gasteiger partial charge < -0.3 is 20.4 Å². The number of H-pyrrole nitrogens is 1. The number of carboxylic acid groups (broad SMARTS) is 4. The topological polar surface area (TPSA) is 180 Å². The largest absolute Gasteiger partial charge is 0.481 e. The quantitative estimate of drug-likeness (QED) is 0.500. The highest BCUT2D eigenvalue weighted by Crippen LogP contribution is 2.09. The Balaban J connectivity index is 3.35. The summed E-state index contributed by atoms with van der Waals surface area (Å²) in [5.74, 6) is -2.95. The first-order chi connectivity index (χ1) is 9.23. The van der Waals surface area contributed by atoms with Crippen LogP contribution in [0.3, 0.4) is 0 Å². The van der Waals surface area contributed by atoms with Gasteiger partial charge in [0.15, 0.2) is 6.04 Å². The molecule has 0 aliphatic rings. The number of hydrogen-bond acceptors (Lipinski definition) is 4. The van der Waals surface area contributed by atoms with E-state index in [9.17, 15) is 19.2 Å². The van der Waals surface area contributed by atoms with Crippen molar-refractivity contribution < 1.29 is 39.6 Å². The van der Waals surface area contributed by atoms with Crippen LogP contribution in [0.1, 0.15) is 12.5 Å². The van der Waals surface area contributed by atoms with Crippen LogP contribution in [0.25, 0.3) is 0 Å². The third-order valence-electron chi connectivity index (χ3n) is 2.16. The Morgan fingerprint density at radius 3 is 2.00 bits per heavy atom. The molecule has 1 aromatic heterocycles. The fraction of sp³-hybridized carbons (Fsp3) is 0.250. The SMILES string of the molecule is O=C(O)CC(C(=O)O)n1ccn(C(=O)O)n(C(=O)O)[nH]1. The van der Waals surface area contributed by atoms with Gasteiger partial charge in [0.2, 0.25) is 0 Å². The number of rotatable bonds is 4. The minimum absolute atomic E-state index is 0.0835. The van der Waals surface area contributed by atoms with Crippen molar-refractivity contribution in [3.63, 3.8) is 0 Å². The van der Waals surface area contributed by atoms with Crippen LogP contribution in [-0.4, -0.2) is 63.9 Å². The van der Waals surface area contributed by atoms with Gasteiger partial charge in [-0.3, -0.25) is 9.48 Å². The maximum Gasteiger partial charge on any atom is 0.448 e. The highest BCUT2D eigenvalue weighted by Gasteiger charge is 2.24. The molecule has 0 bridgehead atoms. The summed E-state index contributed by atoms with van der Waals surface area (Å²) in [6, 6.07) is -1.62. The van der Waals surface area contributed by atoms with Crippen molar-refractivity contribution in [3.8, 4) is 0 Å². The van der Waals surface area contributed by atoms with E-state index < -0.39 is 36.6 Å². The Morgan fingerprint density at radius 2 is 1.60 bits per heavy atom. The highest BCUT2D eigenvalue weighted by atomic mass is 16.4. The smallest absolute Gasteiger partial charge is 0.448 e. The maximum atomic E-state index is 11.0. The molecule has 1 unspecified atom stereocenters. The molecule has 20 heavy (non-hydrogen) atoms. The van der Waals surface area contributed by atoms with E-state index >= 15 is 0 Å². The highest BCUT2D eigenvalue weighted by molar-refractivity contribution is 5.79. The van der Waals surface area contributed by atoms with E-state index in [4.69, 9.17) is 20.4 Å². The van der Waals surface area contributed by atoms with Crippen LogP contribution in [-0.2, 0) is 9.59 Å².